The second-order valence-electron chi connectivity index (χ2n) is 6.13. The first-order valence-corrected chi connectivity index (χ1v) is 8.76. The molecular formula is C20H21N3O4. The molecule has 3 amide bonds. The second kappa shape index (κ2) is 8.84. The largest absolute Gasteiger partial charge is 0.484 e. The van der Waals surface area contributed by atoms with Crippen LogP contribution in [0.3, 0.4) is 0 Å². The second-order valence-corrected chi connectivity index (χ2v) is 6.13. The molecule has 1 aliphatic heterocycles. The zero-order valence-electron chi connectivity index (χ0n) is 14.8. The molecule has 27 heavy (non-hydrogen) atoms. The van der Waals surface area contributed by atoms with Gasteiger partial charge in [-0.2, -0.15) is 0 Å². The van der Waals surface area contributed by atoms with Crippen molar-refractivity contribution in [3.05, 3.63) is 54.6 Å². The van der Waals surface area contributed by atoms with E-state index in [0.717, 1.165) is 12.1 Å². The Kier molecular flexibility index (Phi) is 6.04. The highest BCUT2D eigenvalue weighted by molar-refractivity contribution is 5.98. The molecule has 0 atom stereocenters. The SMILES string of the molecule is O=C(COc1ccccc1)NCC(=O)Nc1cccc(N2CCCC2=O)c1. The molecule has 1 heterocycles. The summed E-state index contributed by atoms with van der Waals surface area (Å²) in [5.74, 6) is -0.0621. The highest BCUT2D eigenvalue weighted by atomic mass is 16.5. The molecule has 1 aliphatic rings. The van der Waals surface area contributed by atoms with Crippen molar-refractivity contribution in [3.63, 3.8) is 0 Å². The summed E-state index contributed by atoms with van der Waals surface area (Å²) >= 11 is 0. The van der Waals surface area contributed by atoms with E-state index >= 15 is 0 Å². The first-order chi connectivity index (χ1) is 13.1. The van der Waals surface area contributed by atoms with Gasteiger partial charge in [0, 0.05) is 24.3 Å². The monoisotopic (exact) mass is 367 g/mol. The number of ether oxygens (including phenoxy) is 1. The molecule has 0 saturated carbocycles. The van der Waals surface area contributed by atoms with Crippen LogP contribution in [0.1, 0.15) is 12.8 Å². The topological polar surface area (TPSA) is 87.7 Å². The van der Waals surface area contributed by atoms with E-state index in [1.807, 2.05) is 24.3 Å². The molecule has 7 nitrogen and oxygen atoms in total. The van der Waals surface area contributed by atoms with Crippen LogP contribution in [-0.4, -0.2) is 37.4 Å². The summed E-state index contributed by atoms with van der Waals surface area (Å²) in [5, 5.41) is 5.23. The minimum atomic E-state index is -0.384. The van der Waals surface area contributed by atoms with Crippen LogP contribution in [0.5, 0.6) is 5.75 Å². The molecule has 7 heteroatoms. The number of anilines is 2. The molecule has 0 aromatic heterocycles. The third-order valence-corrected chi connectivity index (χ3v) is 4.07. The Labute approximate surface area is 157 Å². The average Bonchev–Trinajstić information content (AvgIpc) is 3.12. The van der Waals surface area contributed by atoms with Crippen molar-refractivity contribution in [2.24, 2.45) is 0 Å². The van der Waals surface area contributed by atoms with Gasteiger partial charge in [0.05, 0.1) is 6.54 Å². The van der Waals surface area contributed by atoms with Crippen molar-refractivity contribution in [3.8, 4) is 5.75 Å². The highest BCUT2D eigenvalue weighted by Crippen LogP contribution is 2.24. The Morgan fingerprint density at radius 1 is 1.04 bits per heavy atom. The summed E-state index contributed by atoms with van der Waals surface area (Å²) in [4.78, 5) is 37.4. The summed E-state index contributed by atoms with van der Waals surface area (Å²) in [6.45, 7) is 0.363. The fourth-order valence-electron chi connectivity index (χ4n) is 2.77. The highest BCUT2D eigenvalue weighted by Gasteiger charge is 2.21. The number of amides is 3. The van der Waals surface area contributed by atoms with E-state index in [1.54, 1.807) is 35.2 Å². The Hall–Kier alpha value is -3.35. The van der Waals surface area contributed by atoms with Gasteiger partial charge in [0.15, 0.2) is 6.61 Å². The fraction of sp³-hybridized carbons (Fsp3) is 0.250. The maximum absolute atomic E-state index is 12.0. The van der Waals surface area contributed by atoms with E-state index in [0.29, 0.717) is 24.4 Å². The third-order valence-electron chi connectivity index (χ3n) is 4.07. The number of nitrogens with one attached hydrogen (secondary N) is 2. The summed E-state index contributed by atoms with van der Waals surface area (Å²) in [6, 6.07) is 16.1. The molecule has 0 aliphatic carbocycles. The first kappa shape index (κ1) is 18.4. The van der Waals surface area contributed by atoms with Crippen LogP contribution < -0.4 is 20.3 Å². The number of hydrogen-bond donors (Lipinski definition) is 2. The molecule has 140 valence electrons. The number of carbonyl (C=O) groups excluding carboxylic acids is 3. The van der Waals surface area contributed by atoms with Gasteiger partial charge in [0.1, 0.15) is 5.75 Å². The normalized spacial score (nSPS) is 13.3. The van der Waals surface area contributed by atoms with Gasteiger partial charge in [0.2, 0.25) is 11.8 Å². The van der Waals surface area contributed by atoms with E-state index < -0.39 is 0 Å². The van der Waals surface area contributed by atoms with Crippen LogP contribution in [0.25, 0.3) is 0 Å². The number of rotatable bonds is 7. The van der Waals surface area contributed by atoms with Crippen LogP contribution in [0.4, 0.5) is 11.4 Å². The molecule has 3 rings (SSSR count). The van der Waals surface area contributed by atoms with E-state index in [4.69, 9.17) is 4.74 Å². The van der Waals surface area contributed by atoms with E-state index in [2.05, 4.69) is 10.6 Å². The van der Waals surface area contributed by atoms with Crippen LogP contribution in [-0.2, 0) is 14.4 Å². The molecule has 0 unspecified atom stereocenters. The average molecular weight is 367 g/mol. The zero-order valence-corrected chi connectivity index (χ0v) is 14.8. The summed E-state index contributed by atoms with van der Waals surface area (Å²) in [5.41, 5.74) is 1.34. The van der Waals surface area contributed by atoms with Crippen molar-refractivity contribution in [1.29, 1.82) is 0 Å². The molecule has 2 N–H and O–H groups in total. The quantitative estimate of drug-likeness (QED) is 0.783. The minimum Gasteiger partial charge on any atom is -0.484 e. The maximum Gasteiger partial charge on any atom is 0.258 e. The van der Waals surface area contributed by atoms with Crippen LogP contribution in [0.2, 0.25) is 0 Å². The van der Waals surface area contributed by atoms with Gasteiger partial charge < -0.3 is 20.3 Å². The van der Waals surface area contributed by atoms with Crippen LogP contribution in [0, 0.1) is 0 Å². The van der Waals surface area contributed by atoms with Gasteiger partial charge in [-0.25, -0.2) is 0 Å². The lowest BCUT2D eigenvalue weighted by Gasteiger charge is -2.16. The van der Waals surface area contributed by atoms with E-state index in [9.17, 15) is 14.4 Å². The Morgan fingerprint density at radius 3 is 2.59 bits per heavy atom. The van der Waals surface area contributed by atoms with Crippen LogP contribution >= 0.6 is 0 Å². The molecule has 0 bridgehead atoms. The Balaban J connectivity index is 1.45. The number of benzene rings is 2. The smallest absolute Gasteiger partial charge is 0.258 e. The third kappa shape index (κ3) is 5.31. The molecule has 0 spiro atoms. The lowest BCUT2D eigenvalue weighted by atomic mass is 10.2. The van der Waals surface area contributed by atoms with E-state index in [1.165, 1.54) is 0 Å². The first-order valence-electron chi connectivity index (χ1n) is 8.76. The van der Waals surface area contributed by atoms with E-state index in [-0.39, 0.29) is 30.9 Å². The standard InChI is InChI=1S/C20H21N3O4/c24-18(13-21-19(25)14-27-17-8-2-1-3-9-17)22-15-6-4-7-16(12-15)23-11-5-10-20(23)26/h1-4,6-9,12H,5,10-11,13-14H2,(H,21,25)(H,22,24). The van der Waals surface area contributed by atoms with Gasteiger partial charge >= 0.3 is 0 Å². The number of nitrogens with zero attached hydrogens (tertiary/aromatic N) is 1. The van der Waals surface area contributed by atoms with Gasteiger partial charge in [-0.1, -0.05) is 24.3 Å². The zero-order chi connectivity index (χ0) is 19.1. The summed E-state index contributed by atoms with van der Waals surface area (Å²) in [6.07, 6.45) is 1.39. The van der Waals surface area contributed by atoms with Crippen molar-refractivity contribution in [2.45, 2.75) is 12.8 Å². The number of para-hydroxylation sites is 1. The maximum atomic E-state index is 12.0. The van der Waals surface area contributed by atoms with Crippen molar-refractivity contribution >= 4 is 29.1 Å². The summed E-state index contributed by atoms with van der Waals surface area (Å²) < 4.78 is 5.32. The Bertz CT molecular complexity index is 823. The predicted molar refractivity (Wildman–Crippen MR) is 102 cm³/mol. The molecule has 0 radical (unpaired) electrons. The summed E-state index contributed by atoms with van der Waals surface area (Å²) in [7, 11) is 0. The van der Waals surface area contributed by atoms with Crippen molar-refractivity contribution < 1.29 is 19.1 Å². The molecule has 2 aromatic carbocycles. The van der Waals surface area contributed by atoms with Gasteiger partial charge in [-0.3, -0.25) is 14.4 Å². The van der Waals surface area contributed by atoms with Gasteiger partial charge in [0.25, 0.3) is 5.91 Å². The lowest BCUT2D eigenvalue weighted by molar-refractivity contribution is -0.125. The van der Waals surface area contributed by atoms with Crippen LogP contribution in [0.15, 0.2) is 54.6 Å². The number of carbonyl (C=O) groups is 3. The predicted octanol–water partition coefficient (Wildman–Crippen LogP) is 1.95. The minimum absolute atomic E-state index is 0.0872. The molecular weight excluding hydrogens is 346 g/mol. The molecule has 1 fully saturated rings. The van der Waals surface area contributed by atoms with Gasteiger partial charge in [-0.05, 0) is 36.8 Å². The lowest BCUT2D eigenvalue weighted by Crippen LogP contribution is -2.35. The Morgan fingerprint density at radius 2 is 1.85 bits per heavy atom. The van der Waals surface area contributed by atoms with Crippen molar-refractivity contribution in [1.82, 2.24) is 5.32 Å². The van der Waals surface area contributed by atoms with Gasteiger partial charge in [-0.15, -0.1) is 0 Å². The number of hydrogen-bond acceptors (Lipinski definition) is 4. The van der Waals surface area contributed by atoms with Crippen molar-refractivity contribution in [2.75, 3.05) is 29.9 Å². The molecule has 2 aromatic rings. The molecule has 1 saturated heterocycles. The fourth-order valence-corrected chi connectivity index (χ4v) is 2.77.